The maximum absolute atomic E-state index is 14.4. The Balaban J connectivity index is 2.02. The van der Waals surface area contributed by atoms with Crippen LogP contribution < -0.4 is 5.32 Å². The lowest BCUT2D eigenvalue weighted by molar-refractivity contribution is -0.154. The van der Waals surface area contributed by atoms with Crippen LogP contribution in [0.4, 0.5) is 10.2 Å². The van der Waals surface area contributed by atoms with Gasteiger partial charge in [0.1, 0.15) is 12.4 Å². The quantitative estimate of drug-likeness (QED) is 0.732. The van der Waals surface area contributed by atoms with Gasteiger partial charge in [-0.1, -0.05) is 0 Å². The first-order valence-electron chi connectivity index (χ1n) is 7.45. The van der Waals surface area contributed by atoms with Crippen LogP contribution in [0.3, 0.4) is 0 Å². The summed E-state index contributed by atoms with van der Waals surface area (Å²) in [5.41, 5.74) is 0.525. The molecule has 11 heteroatoms. The van der Waals surface area contributed by atoms with Crippen molar-refractivity contribution in [3.63, 3.8) is 0 Å². The number of aliphatic hydroxyl groups is 1. The number of esters is 1. The summed E-state index contributed by atoms with van der Waals surface area (Å²) < 4.78 is 26.3. The molecule has 25 heavy (non-hydrogen) atoms. The summed E-state index contributed by atoms with van der Waals surface area (Å²) in [6.45, 7) is 1.90. The van der Waals surface area contributed by atoms with Crippen LogP contribution in [0.15, 0.2) is 12.7 Å². The number of carbonyl (C=O) groups is 2. The minimum Gasteiger partial charge on any atom is -0.454 e. The van der Waals surface area contributed by atoms with Crippen LogP contribution in [-0.4, -0.2) is 61.5 Å². The molecule has 3 heterocycles. The molecule has 0 aromatic carbocycles. The molecule has 2 N–H and O–H groups in total. The molecule has 0 bridgehead atoms. The molecule has 1 fully saturated rings. The third-order valence-corrected chi connectivity index (χ3v) is 3.67. The molecule has 10 nitrogen and oxygen atoms in total. The predicted octanol–water partition coefficient (Wildman–Crippen LogP) is -0.0558. The molecule has 0 spiro atoms. The normalized spacial score (nSPS) is 25.9. The van der Waals surface area contributed by atoms with Crippen molar-refractivity contribution in [3.05, 3.63) is 12.7 Å². The van der Waals surface area contributed by atoms with Crippen molar-refractivity contribution in [2.45, 2.75) is 38.5 Å². The zero-order chi connectivity index (χ0) is 18.1. The van der Waals surface area contributed by atoms with Gasteiger partial charge in [0, 0.05) is 13.8 Å². The lowest BCUT2D eigenvalue weighted by atomic mass is 10.1. The number of imidazole rings is 1. The number of amides is 1. The number of nitrogens with one attached hydrogen (secondary N) is 1. The first-order chi connectivity index (χ1) is 11.9. The third kappa shape index (κ3) is 3.15. The summed E-state index contributed by atoms with van der Waals surface area (Å²) in [5.74, 6) is -0.833. The van der Waals surface area contributed by atoms with Crippen molar-refractivity contribution >= 4 is 28.9 Å². The number of carbonyl (C=O) groups excluding carboxylic acids is 2. The molecule has 0 aliphatic carbocycles. The van der Waals surface area contributed by atoms with Crippen molar-refractivity contribution in [2.24, 2.45) is 0 Å². The molecule has 1 amide bonds. The van der Waals surface area contributed by atoms with E-state index in [0.29, 0.717) is 0 Å². The molecule has 134 valence electrons. The number of ether oxygens (including phenoxy) is 2. The number of rotatable bonds is 4. The van der Waals surface area contributed by atoms with Crippen LogP contribution >= 0.6 is 0 Å². The van der Waals surface area contributed by atoms with Gasteiger partial charge in [-0.2, -0.15) is 0 Å². The minimum atomic E-state index is -1.71. The van der Waals surface area contributed by atoms with Gasteiger partial charge in [0.15, 0.2) is 35.5 Å². The van der Waals surface area contributed by atoms with Gasteiger partial charge in [0.2, 0.25) is 5.91 Å². The highest BCUT2D eigenvalue weighted by atomic mass is 19.1. The summed E-state index contributed by atoms with van der Waals surface area (Å²) >= 11 is 0. The van der Waals surface area contributed by atoms with Gasteiger partial charge in [-0.3, -0.25) is 14.2 Å². The maximum Gasteiger partial charge on any atom is 0.303 e. The predicted molar refractivity (Wildman–Crippen MR) is 81.1 cm³/mol. The minimum absolute atomic E-state index is 0.189. The SMILES string of the molecule is CC(=O)Nc1ncnc2c1ncn2C1OC(CO)C(F)C1OC(C)=O. The number of aliphatic hydroxyl groups excluding tert-OH is 1. The Morgan fingerprint density at radius 1 is 1.40 bits per heavy atom. The van der Waals surface area contributed by atoms with Gasteiger partial charge in [-0.05, 0) is 0 Å². The van der Waals surface area contributed by atoms with Gasteiger partial charge >= 0.3 is 5.97 Å². The zero-order valence-corrected chi connectivity index (χ0v) is 13.4. The van der Waals surface area contributed by atoms with E-state index < -0.39 is 37.2 Å². The first kappa shape index (κ1) is 17.2. The molecule has 0 saturated carbocycles. The lowest BCUT2D eigenvalue weighted by Gasteiger charge is -2.20. The van der Waals surface area contributed by atoms with Gasteiger partial charge in [-0.15, -0.1) is 0 Å². The molecule has 3 rings (SSSR count). The summed E-state index contributed by atoms with van der Waals surface area (Å²) in [6, 6.07) is 0. The fourth-order valence-electron chi connectivity index (χ4n) is 2.68. The van der Waals surface area contributed by atoms with Crippen molar-refractivity contribution in [1.82, 2.24) is 19.5 Å². The summed E-state index contributed by atoms with van der Waals surface area (Å²) in [4.78, 5) is 34.7. The number of hydrogen-bond acceptors (Lipinski definition) is 8. The topological polar surface area (TPSA) is 128 Å². The number of nitrogens with zero attached hydrogens (tertiary/aromatic N) is 4. The largest absolute Gasteiger partial charge is 0.454 e. The van der Waals surface area contributed by atoms with Crippen molar-refractivity contribution in [3.8, 4) is 0 Å². The van der Waals surface area contributed by atoms with Crippen molar-refractivity contribution < 1.29 is 28.6 Å². The Morgan fingerprint density at radius 3 is 2.80 bits per heavy atom. The van der Waals surface area contributed by atoms with Crippen LogP contribution in [0, 0.1) is 0 Å². The second-order valence-electron chi connectivity index (χ2n) is 5.49. The number of hydrogen-bond donors (Lipinski definition) is 2. The van der Waals surface area contributed by atoms with E-state index in [1.54, 1.807) is 0 Å². The molecular weight excluding hydrogens is 337 g/mol. The van der Waals surface area contributed by atoms with Crippen LogP contribution in [0.1, 0.15) is 20.1 Å². The first-order valence-corrected chi connectivity index (χ1v) is 7.45. The highest BCUT2D eigenvalue weighted by Crippen LogP contribution is 2.35. The molecule has 1 aliphatic rings. The van der Waals surface area contributed by atoms with Crippen molar-refractivity contribution in [2.75, 3.05) is 11.9 Å². The standard InChI is InChI=1S/C14H16FN5O5/c1-6(22)19-12-10-13(17-4-16-12)20(5-18-10)14-11(24-7(2)23)9(15)8(3-21)25-14/h4-5,8-9,11,14,21H,3H2,1-2H3,(H,16,17,19,22). The van der Waals surface area contributed by atoms with E-state index >= 15 is 0 Å². The molecule has 1 aliphatic heterocycles. The molecule has 4 atom stereocenters. The molecule has 1 saturated heterocycles. The molecule has 4 unspecified atom stereocenters. The average Bonchev–Trinajstić information content (AvgIpc) is 3.09. The molecule has 2 aromatic heterocycles. The van der Waals surface area contributed by atoms with Crippen LogP contribution in [0.5, 0.6) is 0 Å². The maximum atomic E-state index is 14.4. The van der Waals surface area contributed by atoms with Gasteiger partial charge in [-0.25, -0.2) is 19.3 Å². The molecular formula is C14H16FN5O5. The molecule has 0 radical (unpaired) electrons. The van der Waals surface area contributed by atoms with E-state index in [-0.39, 0.29) is 22.9 Å². The Morgan fingerprint density at radius 2 is 2.16 bits per heavy atom. The monoisotopic (exact) mass is 353 g/mol. The number of alkyl halides is 1. The number of fused-ring (bicyclic) bond motifs is 1. The third-order valence-electron chi connectivity index (χ3n) is 3.67. The summed E-state index contributed by atoms with van der Waals surface area (Å²) in [5, 5.41) is 11.8. The fraction of sp³-hybridized carbons (Fsp3) is 0.500. The van der Waals surface area contributed by atoms with Gasteiger partial charge < -0.3 is 19.9 Å². The zero-order valence-electron chi connectivity index (χ0n) is 13.4. The number of anilines is 1. The Bertz CT molecular complexity index is 812. The highest BCUT2D eigenvalue weighted by molar-refractivity contribution is 5.95. The lowest BCUT2D eigenvalue weighted by Crippen LogP contribution is -2.33. The highest BCUT2D eigenvalue weighted by Gasteiger charge is 2.48. The fourth-order valence-corrected chi connectivity index (χ4v) is 2.68. The van der Waals surface area contributed by atoms with E-state index in [1.165, 1.54) is 24.1 Å². The van der Waals surface area contributed by atoms with Crippen LogP contribution in [-0.2, 0) is 19.1 Å². The van der Waals surface area contributed by atoms with E-state index in [1.807, 2.05) is 0 Å². The van der Waals surface area contributed by atoms with Crippen LogP contribution in [0.25, 0.3) is 11.2 Å². The summed E-state index contributed by atoms with van der Waals surface area (Å²) in [7, 11) is 0. The van der Waals surface area contributed by atoms with Crippen molar-refractivity contribution in [1.29, 1.82) is 0 Å². The van der Waals surface area contributed by atoms with E-state index in [4.69, 9.17) is 9.47 Å². The number of aromatic nitrogens is 4. The summed E-state index contributed by atoms with van der Waals surface area (Å²) in [6.07, 6.45) is -2.68. The Kier molecular flexibility index (Phi) is 4.59. The van der Waals surface area contributed by atoms with Crippen LogP contribution in [0.2, 0.25) is 0 Å². The smallest absolute Gasteiger partial charge is 0.303 e. The Hall–Kier alpha value is -2.66. The van der Waals surface area contributed by atoms with E-state index in [0.717, 1.165) is 6.92 Å². The molecule has 2 aromatic rings. The second kappa shape index (κ2) is 6.69. The number of halogens is 1. The Labute approximate surface area is 141 Å². The van der Waals surface area contributed by atoms with E-state index in [9.17, 15) is 19.1 Å². The average molecular weight is 353 g/mol. The van der Waals surface area contributed by atoms with E-state index in [2.05, 4.69) is 20.3 Å². The van der Waals surface area contributed by atoms with Gasteiger partial charge in [0.05, 0.1) is 12.9 Å². The van der Waals surface area contributed by atoms with Gasteiger partial charge in [0.25, 0.3) is 0 Å². The second-order valence-corrected chi connectivity index (χ2v) is 5.49.